The van der Waals surface area contributed by atoms with Gasteiger partial charge in [-0.25, -0.2) is 0 Å². The second kappa shape index (κ2) is 4.26. The summed E-state index contributed by atoms with van der Waals surface area (Å²) in [4.78, 5) is 10.1. The maximum absolute atomic E-state index is 11.9. The molecule has 0 saturated heterocycles. The van der Waals surface area contributed by atoms with E-state index in [0.29, 0.717) is 0 Å². The van der Waals surface area contributed by atoms with Gasteiger partial charge in [-0.15, -0.1) is 0 Å². The van der Waals surface area contributed by atoms with E-state index >= 15 is 0 Å². The highest BCUT2D eigenvalue weighted by molar-refractivity contribution is 5.54. The zero-order chi connectivity index (χ0) is 10.6. The van der Waals surface area contributed by atoms with Crippen LogP contribution in [0.15, 0.2) is 24.3 Å². The van der Waals surface area contributed by atoms with E-state index in [0.717, 1.165) is 11.8 Å². The van der Waals surface area contributed by atoms with Gasteiger partial charge in [-0.2, -0.15) is 13.2 Å². The highest BCUT2D eigenvalue weighted by Gasteiger charge is 2.27. The van der Waals surface area contributed by atoms with Gasteiger partial charge in [0.05, 0.1) is 6.42 Å². The van der Waals surface area contributed by atoms with Crippen molar-refractivity contribution in [1.29, 1.82) is 0 Å². The zero-order valence-corrected chi connectivity index (χ0v) is 7.34. The Hall–Kier alpha value is -1.32. The molecule has 0 N–H and O–H groups in total. The molecule has 1 rings (SSSR count). The van der Waals surface area contributed by atoms with Crippen molar-refractivity contribution in [3.05, 3.63) is 35.4 Å². The number of halogens is 3. The van der Waals surface area contributed by atoms with E-state index in [4.69, 9.17) is 0 Å². The molecule has 0 fully saturated rings. The third kappa shape index (κ3) is 3.60. The van der Waals surface area contributed by atoms with Crippen LogP contribution in [0.1, 0.15) is 11.1 Å². The topological polar surface area (TPSA) is 17.1 Å². The lowest BCUT2D eigenvalue weighted by Gasteiger charge is -2.06. The first-order valence-electron chi connectivity index (χ1n) is 4.09. The third-order valence-corrected chi connectivity index (χ3v) is 1.75. The van der Waals surface area contributed by atoms with Crippen molar-refractivity contribution in [3.8, 4) is 0 Å². The first kappa shape index (κ1) is 10.8. The summed E-state index contributed by atoms with van der Waals surface area (Å²) in [5.41, 5.74) is 0.943. The van der Waals surface area contributed by atoms with Gasteiger partial charge in [-0.1, -0.05) is 24.3 Å². The Bertz CT molecular complexity index is 300. The van der Waals surface area contributed by atoms with Crippen molar-refractivity contribution < 1.29 is 18.0 Å². The lowest BCUT2D eigenvalue weighted by atomic mass is 10.1. The van der Waals surface area contributed by atoms with Crippen LogP contribution in [0.5, 0.6) is 0 Å². The van der Waals surface area contributed by atoms with Crippen LogP contribution in [0.25, 0.3) is 0 Å². The van der Waals surface area contributed by atoms with Crippen molar-refractivity contribution in [2.45, 2.75) is 19.0 Å². The second-order valence-corrected chi connectivity index (χ2v) is 2.98. The zero-order valence-electron chi connectivity index (χ0n) is 7.34. The molecule has 0 aliphatic rings. The Morgan fingerprint density at radius 2 is 1.57 bits per heavy atom. The summed E-state index contributed by atoms with van der Waals surface area (Å²) in [6, 6.07) is 5.86. The van der Waals surface area contributed by atoms with Gasteiger partial charge in [0.2, 0.25) is 0 Å². The van der Waals surface area contributed by atoms with E-state index in [-0.39, 0.29) is 12.0 Å². The number of rotatable bonds is 3. The fourth-order valence-electron chi connectivity index (χ4n) is 1.12. The molecule has 14 heavy (non-hydrogen) atoms. The molecular formula is C10H9F3O. The largest absolute Gasteiger partial charge is 0.393 e. The molecule has 1 aromatic carbocycles. The summed E-state index contributed by atoms with van der Waals surface area (Å²) >= 11 is 0. The van der Waals surface area contributed by atoms with Crippen LogP contribution in [-0.2, 0) is 17.6 Å². The van der Waals surface area contributed by atoms with Gasteiger partial charge in [-0.3, -0.25) is 0 Å². The number of aldehydes is 1. The SMILES string of the molecule is O=CCc1ccc(CC(F)(F)F)cc1. The van der Waals surface area contributed by atoms with Crippen molar-refractivity contribution in [3.63, 3.8) is 0 Å². The number of benzene rings is 1. The third-order valence-electron chi connectivity index (χ3n) is 1.75. The molecule has 76 valence electrons. The molecular weight excluding hydrogens is 193 g/mol. The molecule has 0 spiro atoms. The molecule has 4 heteroatoms. The summed E-state index contributed by atoms with van der Waals surface area (Å²) in [5, 5.41) is 0. The van der Waals surface area contributed by atoms with Crippen molar-refractivity contribution in [2.75, 3.05) is 0 Å². The minimum atomic E-state index is -4.17. The van der Waals surface area contributed by atoms with Crippen LogP contribution in [0.4, 0.5) is 13.2 Å². The minimum Gasteiger partial charge on any atom is -0.303 e. The van der Waals surface area contributed by atoms with Crippen LogP contribution in [0, 0.1) is 0 Å². The highest BCUT2D eigenvalue weighted by atomic mass is 19.4. The van der Waals surface area contributed by atoms with E-state index in [1.165, 1.54) is 24.3 Å². The summed E-state index contributed by atoms with van der Waals surface area (Å²) < 4.78 is 35.8. The van der Waals surface area contributed by atoms with E-state index in [9.17, 15) is 18.0 Å². The van der Waals surface area contributed by atoms with Gasteiger partial charge in [0.25, 0.3) is 0 Å². The Balaban J connectivity index is 2.68. The van der Waals surface area contributed by atoms with Gasteiger partial charge >= 0.3 is 6.18 Å². The van der Waals surface area contributed by atoms with Gasteiger partial charge < -0.3 is 4.79 Å². The molecule has 1 nitrogen and oxygen atoms in total. The van der Waals surface area contributed by atoms with E-state index in [2.05, 4.69) is 0 Å². The molecule has 0 amide bonds. The number of alkyl halides is 3. The maximum atomic E-state index is 11.9. The molecule has 0 bridgehead atoms. The molecule has 0 radical (unpaired) electrons. The van der Waals surface area contributed by atoms with Crippen LogP contribution < -0.4 is 0 Å². The van der Waals surface area contributed by atoms with Crippen molar-refractivity contribution >= 4 is 6.29 Å². The maximum Gasteiger partial charge on any atom is 0.393 e. The lowest BCUT2D eigenvalue weighted by Crippen LogP contribution is -2.11. The number of hydrogen-bond donors (Lipinski definition) is 0. The van der Waals surface area contributed by atoms with E-state index in [1.54, 1.807) is 0 Å². The molecule has 0 heterocycles. The normalized spacial score (nSPS) is 11.4. The van der Waals surface area contributed by atoms with Gasteiger partial charge in [0.1, 0.15) is 6.29 Å². The van der Waals surface area contributed by atoms with E-state index in [1.807, 2.05) is 0 Å². The molecule has 1 aromatic rings. The Morgan fingerprint density at radius 3 is 2.00 bits per heavy atom. The van der Waals surface area contributed by atoms with Crippen LogP contribution >= 0.6 is 0 Å². The van der Waals surface area contributed by atoms with Crippen molar-refractivity contribution in [2.24, 2.45) is 0 Å². The van der Waals surface area contributed by atoms with Crippen LogP contribution in [0.3, 0.4) is 0 Å². The highest BCUT2D eigenvalue weighted by Crippen LogP contribution is 2.21. The average molecular weight is 202 g/mol. The molecule has 0 aliphatic carbocycles. The first-order valence-corrected chi connectivity index (χ1v) is 4.09. The predicted octanol–water partition coefficient (Wildman–Crippen LogP) is 2.53. The van der Waals surface area contributed by atoms with Crippen LogP contribution in [0.2, 0.25) is 0 Å². The molecule has 0 saturated carbocycles. The lowest BCUT2D eigenvalue weighted by molar-refractivity contribution is -0.127. The quantitative estimate of drug-likeness (QED) is 0.688. The van der Waals surface area contributed by atoms with Gasteiger partial charge in [-0.05, 0) is 11.1 Å². The van der Waals surface area contributed by atoms with Crippen molar-refractivity contribution in [1.82, 2.24) is 0 Å². The number of carbonyl (C=O) groups is 1. The summed E-state index contributed by atoms with van der Waals surface area (Å²) in [6.07, 6.45) is -4.13. The Kier molecular flexibility index (Phi) is 3.28. The standard InChI is InChI=1S/C10H9F3O/c11-10(12,13)7-9-3-1-8(2-4-9)5-6-14/h1-4,6H,5,7H2. The fraction of sp³-hybridized carbons (Fsp3) is 0.300. The smallest absolute Gasteiger partial charge is 0.303 e. The van der Waals surface area contributed by atoms with E-state index < -0.39 is 12.6 Å². The summed E-state index contributed by atoms with van der Waals surface area (Å²) in [5.74, 6) is 0. The summed E-state index contributed by atoms with van der Waals surface area (Å²) in [7, 11) is 0. The molecule has 0 aliphatic heterocycles. The molecule has 0 aromatic heterocycles. The minimum absolute atomic E-state index is 0.215. The molecule has 0 unspecified atom stereocenters. The second-order valence-electron chi connectivity index (χ2n) is 2.98. The summed E-state index contributed by atoms with van der Waals surface area (Å²) in [6.45, 7) is 0. The predicted molar refractivity (Wildman–Crippen MR) is 46.0 cm³/mol. The van der Waals surface area contributed by atoms with Gasteiger partial charge in [0, 0.05) is 6.42 Å². The fourth-order valence-corrected chi connectivity index (χ4v) is 1.12. The Morgan fingerprint density at radius 1 is 1.07 bits per heavy atom. The monoisotopic (exact) mass is 202 g/mol. The van der Waals surface area contributed by atoms with Gasteiger partial charge in [0.15, 0.2) is 0 Å². The average Bonchev–Trinajstić information content (AvgIpc) is 2.06. The Labute approximate surface area is 79.5 Å². The number of carbonyl (C=O) groups excluding carboxylic acids is 1. The molecule has 0 atom stereocenters. The first-order chi connectivity index (χ1) is 6.51. The number of hydrogen-bond acceptors (Lipinski definition) is 1. The van der Waals surface area contributed by atoms with Crippen LogP contribution in [-0.4, -0.2) is 12.5 Å².